The van der Waals surface area contributed by atoms with E-state index >= 15 is 0 Å². The fraction of sp³-hybridized carbons (Fsp3) is 0.750. The molecule has 19 heavy (non-hydrogen) atoms. The van der Waals surface area contributed by atoms with Crippen LogP contribution in [0.15, 0.2) is 0 Å². The van der Waals surface area contributed by atoms with Gasteiger partial charge in [0.25, 0.3) is 0 Å². The molecule has 0 saturated heterocycles. The molecule has 0 aliphatic rings. The van der Waals surface area contributed by atoms with Crippen LogP contribution in [0, 0.1) is 11.6 Å². The van der Waals surface area contributed by atoms with Gasteiger partial charge < -0.3 is 0 Å². The van der Waals surface area contributed by atoms with Gasteiger partial charge in [-0.2, -0.15) is 30.0 Å². The van der Waals surface area contributed by atoms with E-state index in [9.17, 15) is 21.6 Å². The largest absolute Gasteiger partial charge is 0.522 e. The molecule has 114 valence electrons. The van der Waals surface area contributed by atoms with Crippen molar-refractivity contribution >= 4 is 27.9 Å². The van der Waals surface area contributed by atoms with Crippen LogP contribution in [0.5, 0.6) is 0 Å². The van der Waals surface area contributed by atoms with Gasteiger partial charge in [-0.25, -0.2) is 0 Å². The maximum Gasteiger partial charge on any atom is 0.522 e. The standard InChI is InChI=1S/C7H12F2P2.CHF3O3S/c1-3-7(10,4-2)5-6-11(8)9;2-1(3,4)8(5,6)7/h3-4,10H2,1-2H3;(H,5,6,7). The zero-order valence-corrected chi connectivity index (χ0v) is 12.9. The van der Waals surface area contributed by atoms with Gasteiger partial charge in [0.15, 0.2) is 0 Å². The molecule has 1 unspecified atom stereocenters. The Balaban J connectivity index is 0. The summed E-state index contributed by atoms with van der Waals surface area (Å²) in [5.41, 5.74) is -3.59. The average molecular weight is 346 g/mol. The molecule has 0 aromatic rings. The van der Waals surface area contributed by atoms with E-state index in [1.165, 1.54) is 0 Å². The maximum absolute atomic E-state index is 11.7. The molecule has 3 nitrogen and oxygen atoms in total. The monoisotopic (exact) mass is 346 g/mol. The molecule has 0 fully saturated rings. The second kappa shape index (κ2) is 8.31. The van der Waals surface area contributed by atoms with Gasteiger partial charge in [-0.15, -0.1) is 9.24 Å². The molecule has 0 heterocycles. The third kappa shape index (κ3) is 10.4. The third-order valence-corrected chi connectivity index (χ3v) is 3.77. The van der Waals surface area contributed by atoms with Gasteiger partial charge in [-0.05, 0) is 18.5 Å². The molecule has 0 bridgehead atoms. The van der Waals surface area contributed by atoms with Crippen LogP contribution < -0.4 is 0 Å². The third-order valence-electron chi connectivity index (χ3n) is 1.94. The lowest BCUT2D eigenvalue weighted by Gasteiger charge is -2.17. The highest BCUT2D eigenvalue weighted by molar-refractivity contribution is 7.86. The lowest BCUT2D eigenvalue weighted by molar-refractivity contribution is -0.0510. The molecule has 0 amide bonds. The molecule has 0 spiro atoms. The van der Waals surface area contributed by atoms with Crippen LogP contribution in [0.4, 0.5) is 21.6 Å². The zero-order chi connectivity index (χ0) is 15.9. The van der Waals surface area contributed by atoms with Crippen LogP contribution in [0.1, 0.15) is 26.7 Å². The molecule has 0 aromatic carbocycles. The summed E-state index contributed by atoms with van der Waals surface area (Å²) in [6, 6.07) is 0. The Morgan fingerprint density at radius 3 is 1.68 bits per heavy atom. The van der Waals surface area contributed by atoms with Crippen LogP contribution >= 0.6 is 17.8 Å². The number of hydrogen-bond donors (Lipinski definition) is 1. The summed E-state index contributed by atoms with van der Waals surface area (Å²) in [6.07, 6.45) is 1.59. The fourth-order valence-corrected chi connectivity index (χ4v) is 1.08. The van der Waals surface area contributed by atoms with Gasteiger partial charge >= 0.3 is 24.2 Å². The van der Waals surface area contributed by atoms with E-state index in [0.717, 1.165) is 12.8 Å². The van der Waals surface area contributed by atoms with Gasteiger partial charge in [0.2, 0.25) is 0 Å². The maximum atomic E-state index is 11.7. The SMILES string of the molecule is CCC(P)(C#CP(F)F)CC.O=S(=O)(O)C(F)(F)F. The van der Waals surface area contributed by atoms with Gasteiger partial charge in [0.05, 0.1) is 0 Å². The van der Waals surface area contributed by atoms with E-state index in [1.807, 2.05) is 19.5 Å². The normalized spacial score (nSPS) is 12.3. The van der Waals surface area contributed by atoms with E-state index in [0.29, 0.717) is 0 Å². The molecule has 0 aromatic heterocycles. The average Bonchev–Trinajstić information content (AvgIpc) is 2.24. The van der Waals surface area contributed by atoms with E-state index in [2.05, 4.69) is 15.2 Å². The molecule has 0 rings (SSSR count). The lowest BCUT2D eigenvalue weighted by Crippen LogP contribution is -2.21. The highest BCUT2D eigenvalue weighted by Crippen LogP contribution is 2.38. The molecular formula is C8H13F5O3P2S. The minimum atomic E-state index is -5.84. The summed E-state index contributed by atoms with van der Waals surface area (Å²) < 4.78 is 81.0. The molecular weight excluding hydrogens is 333 g/mol. The number of alkyl halides is 3. The number of rotatable bonds is 2. The highest BCUT2D eigenvalue weighted by Gasteiger charge is 2.44. The second-order valence-corrected chi connectivity index (χ2v) is 6.46. The smallest absolute Gasteiger partial charge is 0.279 e. The van der Waals surface area contributed by atoms with Crippen molar-refractivity contribution in [3.05, 3.63) is 0 Å². The summed E-state index contributed by atoms with van der Waals surface area (Å²) >= 11 is 0. The first-order chi connectivity index (χ1) is 8.29. The summed E-state index contributed by atoms with van der Waals surface area (Å²) in [7, 11) is -6.35. The molecule has 1 N–H and O–H groups in total. The van der Waals surface area contributed by atoms with Crippen molar-refractivity contribution in [3.63, 3.8) is 0 Å². The molecule has 0 aliphatic carbocycles. The van der Waals surface area contributed by atoms with Crippen LogP contribution in [-0.4, -0.2) is 23.6 Å². The van der Waals surface area contributed by atoms with Crippen molar-refractivity contribution in [1.82, 2.24) is 0 Å². The molecule has 0 saturated carbocycles. The second-order valence-electron chi connectivity index (χ2n) is 3.25. The fourth-order valence-electron chi connectivity index (χ4n) is 0.580. The summed E-state index contributed by atoms with van der Waals surface area (Å²) in [6.45, 7) is 3.90. The van der Waals surface area contributed by atoms with Crippen LogP contribution in [0.25, 0.3) is 0 Å². The lowest BCUT2D eigenvalue weighted by atomic mass is 10.0. The van der Waals surface area contributed by atoms with Crippen LogP contribution in [0.2, 0.25) is 0 Å². The molecule has 0 aliphatic heterocycles. The quantitative estimate of drug-likeness (QED) is 0.270. The topological polar surface area (TPSA) is 54.4 Å². The van der Waals surface area contributed by atoms with E-state index < -0.39 is 24.2 Å². The van der Waals surface area contributed by atoms with Crippen molar-refractivity contribution in [2.24, 2.45) is 0 Å². The Kier molecular flexibility index (Phi) is 9.31. The van der Waals surface area contributed by atoms with Crippen molar-refractivity contribution < 1.29 is 34.5 Å². The van der Waals surface area contributed by atoms with Gasteiger partial charge in [0.1, 0.15) is 0 Å². The predicted molar refractivity (Wildman–Crippen MR) is 67.5 cm³/mol. The van der Waals surface area contributed by atoms with Crippen molar-refractivity contribution in [1.29, 1.82) is 0 Å². The Morgan fingerprint density at radius 2 is 1.53 bits per heavy atom. The summed E-state index contributed by atoms with van der Waals surface area (Å²) in [5, 5.41) is -0.293. The van der Waals surface area contributed by atoms with Gasteiger partial charge in [-0.1, -0.05) is 19.8 Å². The minimum absolute atomic E-state index is 0.293. The first kappa shape index (κ1) is 21.3. The first-order valence-electron chi connectivity index (χ1n) is 4.76. The molecule has 1 atom stereocenters. The van der Waals surface area contributed by atoms with Gasteiger partial charge in [-0.3, -0.25) is 4.55 Å². The Labute approximate surface area is 112 Å². The van der Waals surface area contributed by atoms with Gasteiger partial charge in [0, 0.05) is 5.16 Å². The highest BCUT2D eigenvalue weighted by atomic mass is 32.2. The van der Waals surface area contributed by atoms with Crippen molar-refractivity contribution in [2.45, 2.75) is 37.4 Å². The molecule has 11 heteroatoms. The predicted octanol–water partition coefficient (Wildman–Crippen LogP) is 4.03. The minimum Gasteiger partial charge on any atom is -0.279 e. The van der Waals surface area contributed by atoms with Crippen LogP contribution in [-0.2, 0) is 10.1 Å². The van der Waals surface area contributed by atoms with Crippen LogP contribution in [0.3, 0.4) is 0 Å². The van der Waals surface area contributed by atoms with E-state index in [-0.39, 0.29) is 5.16 Å². The Bertz CT molecular complexity index is 420. The number of halogens is 5. The first-order valence-corrected chi connectivity index (χ1v) is 7.90. The Morgan fingerprint density at radius 1 is 1.21 bits per heavy atom. The van der Waals surface area contributed by atoms with E-state index in [4.69, 9.17) is 13.0 Å². The van der Waals surface area contributed by atoms with Crippen molar-refractivity contribution in [3.8, 4) is 11.6 Å². The Hall–Kier alpha value is -0.0200. The summed E-state index contributed by atoms with van der Waals surface area (Å²) in [5.74, 6) is 2.59. The molecule has 0 radical (unpaired) electrons. The van der Waals surface area contributed by atoms with Crippen molar-refractivity contribution in [2.75, 3.05) is 0 Å². The number of hydrogen-bond acceptors (Lipinski definition) is 2. The van der Waals surface area contributed by atoms with E-state index in [1.54, 1.807) is 0 Å². The summed E-state index contributed by atoms with van der Waals surface area (Å²) in [4.78, 5) is 0. The zero-order valence-electron chi connectivity index (χ0n) is 10.0.